The van der Waals surface area contributed by atoms with E-state index in [-0.39, 0.29) is 0 Å². The fourth-order valence-corrected chi connectivity index (χ4v) is 2.35. The Morgan fingerprint density at radius 1 is 1.25 bits per heavy atom. The van der Waals surface area contributed by atoms with E-state index in [9.17, 15) is 0 Å². The van der Waals surface area contributed by atoms with Gasteiger partial charge in [0.25, 0.3) is 0 Å². The van der Waals surface area contributed by atoms with E-state index < -0.39 is 0 Å². The van der Waals surface area contributed by atoms with Gasteiger partial charge in [-0.1, -0.05) is 6.92 Å². The number of rotatable bonds is 6. The molecule has 4 nitrogen and oxygen atoms in total. The van der Waals surface area contributed by atoms with Crippen LogP contribution < -0.4 is 10.1 Å². The van der Waals surface area contributed by atoms with Gasteiger partial charge in [-0.25, -0.2) is 9.97 Å². The summed E-state index contributed by atoms with van der Waals surface area (Å²) in [5.74, 6) is 1.52. The molecule has 0 saturated carbocycles. The van der Waals surface area contributed by atoms with Crippen molar-refractivity contribution in [3.05, 3.63) is 40.6 Å². The van der Waals surface area contributed by atoms with Gasteiger partial charge in [0.15, 0.2) is 5.82 Å². The van der Waals surface area contributed by atoms with Crippen LogP contribution in [0.5, 0.6) is 5.75 Å². The number of ether oxygens (including phenoxy) is 1. The highest BCUT2D eigenvalue weighted by Gasteiger charge is 2.05. The summed E-state index contributed by atoms with van der Waals surface area (Å²) in [7, 11) is 1.65. The topological polar surface area (TPSA) is 47.0 Å². The van der Waals surface area contributed by atoms with Crippen LogP contribution >= 0.6 is 15.9 Å². The van der Waals surface area contributed by atoms with Gasteiger partial charge in [0.1, 0.15) is 5.75 Å². The Hall–Kier alpha value is -1.46. The van der Waals surface area contributed by atoms with E-state index in [1.165, 1.54) is 0 Å². The summed E-state index contributed by atoms with van der Waals surface area (Å²) in [6.07, 6.45) is 4.85. The molecular weight excluding hydrogens is 318 g/mol. The van der Waals surface area contributed by atoms with Gasteiger partial charge in [0, 0.05) is 30.1 Å². The second kappa shape index (κ2) is 7.36. The quantitative estimate of drug-likeness (QED) is 0.821. The number of benzene rings is 1. The van der Waals surface area contributed by atoms with Crippen molar-refractivity contribution in [3.63, 3.8) is 0 Å². The van der Waals surface area contributed by atoms with E-state index in [1.54, 1.807) is 7.11 Å². The predicted octanol–water partition coefficient (Wildman–Crippen LogP) is 3.41. The highest BCUT2D eigenvalue weighted by atomic mass is 79.9. The normalized spacial score (nSPS) is 10.6. The van der Waals surface area contributed by atoms with Gasteiger partial charge < -0.3 is 10.1 Å². The van der Waals surface area contributed by atoms with Gasteiger partial charge in [0.05, 0.1) is 11.6 Å². The third kappa shape index (κ3) is 3.77. The van der Waals surface area contributed by atoms with Gasteiger partial charge in [-0.3, -0.25) is 0 Å². The first-order chi connectivity index (χ1) is 9.74. The Morgan fingerprint density at radius 2 is 2.00 bits per heavy atom. The summed E-state index contributed by atoms with van der Waals surface area (Å²) in [5.41, 5.74) is 2.06. The van der Waals surface area contributed by atoms with Crippen LogP contribution in [0.15, 0.2) is 35.1 Å². The molecule has 0 saturated heterocycles. The van der Waals surface area contributed by atoms with E-state index in [2.05, 4.69) is 38.1 Å². The second-order valence-electron chi connectivity index (χ2n) is 4.44. The highest BCUT2D eigenvalue weighted by Crippen LogP contribution is 2.28. The Morgan fingerprint density at radius 3 is 2.60 bits per heavy atom. The summed E-state index contributed by atoms with van der Waals surface area (Å²) in [6, 6.07) is 5.82. The molecule has 1 N–H and O–H groups in total. The standard InChI is InChI=1S/C15H18BrN3O/c1-3-6-17-8-11-9-18-15(19-10-11)12-4-5-14(20-2)13(16)7-12/h4-5,7,9-10,17H,3,6,8H2,1-2H3. The maximum absolute atomic E-state index is 5.21. The maximum atomic E-state index is 5.21. The Balaban J connectivity index is 2.11. The molecule has 20 heavy (non-hydrogen) atoms. The predicted molar refractivity (Wildman–Crippen MR) is 83.7 cm³/mol. The molecule has 1 aromatic heterocycles. The van der Waals surface area contributed by atoms with Gasteiger partial charge in [-0.05, 0) is 47.1 Å². The van der Waals surface area contributed by atoms with Crippen molar-refractivity contribution in [1.82, 2.24) is 15.3 Å². The van der Waals surface area contributed by atoms with Crippen molar-refractivity contribution in [2.45, 2.75) is 19.9 Å². The molecule has 0 atom stereocenters. The van der Waals surface area contributed by atoms with E-state index in [4.69, 9.17) is 4.74 Å². The van der Waals surface area contributed by atoms with Gasteiger partial charge in [-0.2, -0.15) is 0 Å². The van der Waals surface area contributed by atoms with Crippen molar-refractivity contribution in [3.8, 4) is 17.1 Å². The lowest BCUT2D eigenvalue weighted by Gasteiger charge is -2.06. The molecule has 2 aromatic rings. The van der Waals surface area contributed by atoms with Crippen LogP contribution in [-0.4, -0.2) is 23.6 Å². The number of methoxy groups -OCH3 is 1. The first kappa shape index (κ1) is 14.9. The fourth-order valence-electron chi connectivity index (χ4n) is 1.81. The molecule has 0 radical (unpaired) electrons. The maximum Gasteiger partial charge on any atom is 0.159 e. The summed E-state index contributed by atoms with van der Waals surface area (Å²) in [4.78, 5) is 8.82. The number of hydrogen-bond acceptors (Lipinski definition) is 4. The van der Waals surface area contributed by atoms with Crippen LogP contribution in [0.1, 0.15) is 18.9 Å². The monoisotopic (exact) mass is 335 g/mol. The van der Waals surface area contributed by atoms with Crippen LogP contribution in [0.3, 0.4) is 0 Å². The molecule has 0 fully saturated rings. The Labute approximate surface area is 127 Å². The molecule has 0 spiro atoms. The molecule has 0 amide bonds. The van der Waals surface area contributed by atoms with Crippen molar-refractivity contribution >= 4 is 15.9 Å². The lowest BCUT2D eigenvalue weighted by Crippen LogP contribution is -2.14. The minimum absolute atomic E-state index is 0.715. The van der Waals surface area contributed by atoms with Crippen molar-refractivity contribution in [2.24, 2.45) is 0 Å². The van der Waals surface area contributed by atoms with Gasteiger partial charge in [0.2, 0.25) is 0 Å². The zero-order valence-corrected chi connectivity index (χ0v) is 13.3. The van der Waals surface area contributed by atoms with Crippen molar-refractivity contribution < 1.29 is 4.74 Å². The molecule has 0 aliphatic carbocycles. The summed E-state index contributed by atoms with van der Waals surface area (Å²) in [5, 5.41) is 3.33. The first-order valence-electron chi connectivity index (χ1n) is 6.60. The zero-order chi connectivity index (χ0) is 14.4. The van der Waals surface area contributed by atoms with E-state index in [0.717, 1.165) is 40.9 Å². The lowest BCUT2D eigenvalue weighted by atomic mass is 10.2. The number of hydrogen-bond donors (Lipinski definition) is 1. The van der Waals surface area contributed by atoms with E-state index in [0.29, 0.717) is 5.82 Å². The molecule has 2 rings (SSSR count). The van der Waals surface area contributed by atoms with Gasteiger partial charge >= 0.3 is 0 Å². The van der Waals surface area contributed by atoms with Crippen LogP contribution in [0, 0.1) is 0 Å². The second-order valence-corrected chi connectivity index (χ2v) is 5.30. The van der Waals surface area contributed by atoms with Gasteiger partial charge in [-0.15, -0.1) is 0 Å². The minimum Gasteiger partial charge on any atom is -0.496 e. The van der Waals surface area contributed by atoms with Crippen molar-refractivity contribution in [1.29, 1.82) is 0 Å². The molecule has 0 unspecified atom stereocenters. The summed E-state index contributed by atoms with van der Waals surface area (Å²) >= 11 is 3.47. The largest absolute Gasteiger partial charge is 0.496 e. The van der Waals surface area contributed by atoms with Crippen LogP contribution in [0.2, 0.25) is 0 Å². The molecule has 5 heteroatoms. The third-order valence-electron chi connectivity index (χ3n) is 2.87. The number of aromatic nitrogens is 2. The number of halogens is 1. The molecule has 1 aromatic carbocycles. The fraction of sp³-hybridized carbons (Fsp3) is 0.333. The number of nitrogens with one attached hydrogen (secondary N) is 1. The molecule has 0 aliphatic heterocycles. The smallest absolute Gasteiger partial charge is 0.159 e. The van der Waals surface area contributed by atoms with Crippen molar-refractivity contribution in [2.75, 3.05) is 13.7 Å². The van der Waals surface area contributed by atoms with Crippen LogP contribution in [0.25, 0.3) is 11.4 Å². The van der Waals surface area contributed by atoms with Crippen LogP contribution in [-0.2, 0) is 6.54 Å². The van der Waals surface area contributed by atoms with E-state index >= 15 is 0 Å². The molecule has 0 bridgehead atoms. The zero-order valence-electron chi connectivity index (χ0n) is 11.7. The molecule has 0 aliphatic rings. The summed E-state index contributed by atoms with van der Waals surface area (Å²) < 4.78 is 6.11. The third-order valence-corrected chi connectivity index (χ3v) is 3.49. The first-order valence-corrected chi connectivity index (χ1v) is 7.39. The minimum atomic E-state index is 0.715. The molecular formula is C15H18BrN3O. The van der Waals surface area contributed by atoms with E-state index in [1.807, 2.05) is 30.6 Å². The van der Waals surface area contributed by atoms with Crippen LogP contribution in [0.4, 0.5) is 0 Å². The average Bonchev–Trinajstić information content (AvgIpc) is 2.48. The Bertz CT molecular complexity index is 558. The molecule has 1 heterocycles. The number of nitrogens with zero attached hydrogens (tertiary/aromatic N) is 2. The summed E-state index contributed by atoms with van der Waals surface area (Å²) in [6.45, 7) is 3.96. The average molecular weight is 336 g/mol. The SMILES string of the molecule is CCCNCc1cnc(-c2ccc(OC)c(Br)c2)nc1. The molecule has 106 valence electrons. The lowest BCUT2D eigenvalue weighted by molar-refractivity contribution is 0.412. The highest BCUT2D eigenvalue weighted by molar-refractivity contribution is 9.10. The Kier molecular flexibility index (Phi) is 5.49.